The fraction of sp³-hybridized carbons (Fsp3) is 0.208. The van der Waals surface area contributed by atoms with Crippen LogP contribution >= 0.6 is 0 Å². The zero-order valence-electron chi connectivity index (χ0n) is 19.3. The molecule has 2 aromatic carbocycles. The first-order valence-electron chi connectivity index (χ1n) is 10.6. The molecule has 34 heavy (non-hydrogen) atoms. The number of nitrogens with two attached hydrogens (primary N) is 1. The van der Waals surface area contributed by atoms with E-state index in [1.165, 1.54) is 0 Å². The Kier molecular flexibility index (Phi) is 5.88. The normalized spacial score (nSPS) is 12.1. The number of benzene rings is 2. The number of amides is 1. The summed E-state index contributed by atoms with van der Waals surface area (Å²) in [6.07, 6.45) is 1.66. The van der Waals surface area contributed by atoms with Gasteiger partial charge in [-0.2, -0.15) is 0 Å². The molecule has 0 aliphatic heterocycles. The van der Waals surface area contributed by atoms with Gasteiger partial charge in [0.05, 0.1) is 22.3 Å². The molecule has 2 aromatic heterocycles. The van der Waals surface area contributed by atoms with Gasteiger partial charge < -0.3 is 11.1 Å². The second-order valence-electron chi connectivity index (χ2n) is 8.99. The lowest BCUT2D eigenvalue weighted by Gasteiger charge is -2.20. The predicted molar refractivity (Wildman–Crippen MR) is 131 cm³/mol. The molecule has 0 aliphatic carbocycles. The Hall–Kier alpha value is -3.76. The lowest BCUT2D eigenvalue weighted by Crippen LogP contribution is -2.40. The number of fused-ring (bicyclic) bond motifs is 1. The number of aromatic nitrogens is 3. The maximum absolute atomic E-state index is 12.8. The van der Waals surface area contributed by atoms with Crippen molar-refractivity contribution in [2.24, 2.45) is 5.73 Å². The summed E-state index contributed by atoms with van der Waals surface area (Å²) >= 11 is 0. The largest absolute Gasteiger partial charge is 0.366 e. The van der Waals surface area contributed by atoms with E-state index < -0.39 is 21.5 Å². The lowest BCUT2D eigenvalue weighted by molar-refractivity contribution is 0.0999. The Balaban J connectivity index is 1.72. The van der Waals surface area contributed by atoms with Gasteiger partial charge in [-0.1, -0.05) is 18.2 Å². The minimum atomic E-state index is -3.69. The Bertz CT molecular complexity index is 1500. The number of carbonyl (C=O) groups excluding carboxylic acids is 1. The molecule has 0 aliphatic rings. The molecule has 2 heterocycles. The van der Waals surface area contributed by atoms with Crippen molar-refractivity contribution in [3.8, 4) is 11.3 Å². The van der Waals surface area contributed by atoms with E-state index in [0.29, 0.717) is 34.0 Å². The van der Waals surface area contributed by atoms with Gasteiger partial charge in [0.15, 0.2) is 0 Å². The van der Waals surface area contributed by atoms with Crippen LogP contribution in [-0.4, -0.2) is 34.5 Å². The zero-order chi connectivity index (χ0) is 24.7. The third kappa shape index (κ3) is 4.78. The van der Waals surface area contributed by atoms with Gasteiger partial charge in [-0.05, 0) is 69.7 Å². The van der Waals surface area contributed by atoms with Gasteiger partial charge in [0, 0.05) is 22.4 Å². The number of rotatable bonds is 6. The van der Waals surface area contributed by atoms with E-state index >= 15 is 0 Å². The average molecular weight is 479 g/mol. The van der Waals surface area contributed by atoms with Gasteiger partial charge in [0.2, 0.25) is 21.9 Å². The molecule has 176 valence electrons. The third-order valence-corrected chi connectivity index (χ3v) is 6.88. The second kappa shape index (κ2) is 8.54. The maximum Gasteiger partial charge on any atom is 0.249 e. The molecular formula is C24H26N6O3S. The molecule has 10 heteroatoms. The van der Waals surface area contributed by atoms with Gasteiger partial charge in [-0.3, -0.25) is 4.79 Å². The minimum absolute atomic E-state index is 0.168. The van der Waals surface area contributed by atoms with Crippen molar-refractivity contribution in [3.63, 3.8) is 0 Å². The van der Waals surface area contributed by atoms with Crippen molar-refractivity contribution in [1.82, 2.24) is 19.3 Å². The molecule has 0 saturated heterocycles. The zero-order valence-corrected chi connectivity index (χ0v) is 20.1. The number of nitrogens with one attached hydrogen (secondary N) is 2. The van der Waals surface area contributed by atoms with E-state index in [9.17, 15) is 13.2 Å². The van der Waals surface area contributed by atoms with Crippen molar-refractivity contribution in [2.45, 2.75) is 38.1 Å². The van der Waals surface area contributed by atoms with Crippen LogP contribution in [0.25, 0.3) is 16.8 Å². The molecule has 0 saturated carbocycles. The molecule has 0 radical (unpaired) electrons. The lowest BCUT2D eigenvalue weighted by atomic mass is 10.1. The van der Waals surface area contributed by atoms with Crippen molar-refractivity contribution in [2.75, 3.05) is 5.32 Å². The first-order chi connectivity index (χ1) is 15.9. The summed E-state index contributed by atoms with van der Waals surface area (Å²) in [5, 5.41) is 7.72. The standard InChI is InChI=1S/C24H26N6O3S/c1-15-19(22(25)31)9-6-10-20(15)27-23-26-14-17-11-12-21(30(17)28-23)16-7-5-8-18(13-16)34(32,33)29-24(2,3)4/h5-14,29H,1-4H3,(H2,25,31)(H,27,28). The van der Waals surface area contributed by atoms with E-state index in [4.69, 9.17) is 5.73 Å². The Morgan fingerprint density at radius 3 is 2.50 bits per heavy atom. The molecule has 1 amide bonds. The van der Waals surface area contributed by atoms with Crippen LogP contribution < -0.4 is 15.8 Å². The highest BCUT2D eigenvalue weighted by atomic mass is 32.2. The number of anilines is 2. The third-order valence-electron chi connectivity index (χ3n) is 5.12. The van der Waals surface area contributed by atoms with Gasteiger partial charge in [0.25, 0.3) is 0 Å². The van der Waals surface area contributed by atoms with Gasteiger partial charge in [-0.25, -0.2) is 22.6 Å². The van der Waals surface area contributed by atoms with E-state index in [-0.39, 0.29) is 4.90 Å². The topological polar surface area (TPSA) is 131 Å². The number of hydrogen-bond donors (Lipinski definition) is 3. The van der Waals surface area contributed by atoms with Crippen molar-refractivity contribution in [1.29, 1.82) is 0 Å². The van der Waals surface area contributed by atoms with Crippen molar-refractivity contribution in [3.05, 3.63) is 71.9 Å². The Morgan fingerprint density at radius 1 is 1.06 bits per heavy atom. The number of carbonyl (C=O) groups is 1. The molecule has 0 fully saturated rings. The fourth-order valence-corrected chi connectivity index (χ4v) is 5.08. The number of sulfonamides is 1. The van der Waals surface area contributed by atoms with Crippen LogP contribution in [0.2, 0.25) is 0 Å². The van der Waals surface area contributed by atoms with Crippen LogP contribution in [-0.2, 0) is 10.0 Å². The van der Waals surface area contributed by atoms with Gasteiger partial charge in [-0.15, -0.1) is 5.10 Å². The molecular weight excluding hydrogens is 452 g/mol. The number of primary amides is 1. The van der Waals surface area contributed by atoms with Crippen LogP contribution in [0, 0.1) is 6.92 Å². The highest BCUT2D eigenvalue weighted by Crippen LogP contribution is 2.26. The first-order valence-corrected chi connectivity index (χ1v) is 12.1. The summed E-state index contributed by atoms with van der Waals surface area (Å²) in [6, 6.07) is 15.6. The SMILES string of the molecule is Cc1c(Nc2ncc3ccc(-c4cccc(S(=O)(=O)NC(C)(C)C)c4)n3n2)cccc1C(N)=O. The van der Waals surface area contributed by atoms with E-state index in [0.717, 1.165) is 5.52 Å². The maximum atomic E-state index is 12.8. The van der Waals surface area contributed by atoms with Crippen LogP contribution in [0.3, 0.4) is 0 Å². The number of nitrogens with zero attached hydrogens (tertiary/aromatic N) is 3. The summed E-state index contributed by atoms with van der Waals surface area (Å²) in [5.41, 5.74) is 8.74. The molecule has 9 nitrogen and oxygen atoms in total. The van der Waals surface area contributed by atoms with E-state index in [2.05, 4.69) is 20.1 Å². The minimum Gasteiger partial charge on any atom is -0.366 e. The molecule has 4 N–H and O–H groups in total. The second-order valence-corrected chi connectivity index (χ2v) is 10.7. The monoisotopic (exact) mass is 478 g/mol. The van der Waals surface area contributed by atoms with Crippen LogP contribution in [0.15, 0.2) is 65.7 Å². The molecule has 0 atom stereocenters. The summed E-state index contributed by atoms with van der Waals surface area (Å²) < 4.78 is 30.0. The van der Waals surface area contributed by atoms with Crippen molar-refractivity contribution >= 4 is 33.1 Å². The smallest absolute Gasteiger partial charge is 0.249 e. The summed E-state index contributed by atoms with van der Waals surface area (Å²) in [7, 11) is -3.69. The van der Waals surface area contributed by atoms with Crippen LogP contribution in [0.1, 0.15) is 36.7 Å². The van der Waals surface area contributed by atoms with E-state index in [1.54, 1.807) is 68.7 Å². The predicted octanol–water partition coefficient (Wildman–Crippen LogP) is 3.62. The molecule has 0 bridgehead atoms. The van der Waals surface area contributed by atoms with Crippen molar-refractivity contribution < 1.29 is 13.2 Å². The average Bonchev–Trinajstić information content (AvgIpc) is 3.17. The van der Waals surface area contributed by atoms with Gasteiger partial charge >= 0.3 is 0 Å². The molecule has 0 unspecified atom stereocenters. The van der Waals surface area contributed by atoms with Crippen LogP contribution in [0.5, 0.6) is 0 Å². The Morgan fingerprint density at radius 2 is 1.79 bits per heavy atom. The molecule has 0 spiro atoms. The molecule has 4 aromatic rings. The number of hydrogen-bond acceptors (Lipinski definition) is 6. The highest BCUT2D eigenvalue weighted by Gasteiger charge is 2.22. The summed E-state index contributed by atoms with van der Waals surface area (Å²) in [6.45, 7) is 7.17. The summed E-state index contributed by atoms with van der Waals surface area (Å²) in [4.78, 5) is 16.2. The Labute approximate surface area is 198 Å². The quantitative estimate of drug-likeness (QED) is 0.388. The first kappa shape index (κ1) is 23.4. The highest BCUT2D eigenvalue weighted by molar-refractivity contribution is 7.89. The van der Waals surface area contributed by atoms with E-state index in [1.807, 2.05) is 24.3 Å². The van der Waals surface area contributed by atoms with Gasteiger partial charge in [0.1, 0.15) is 0 Å². The van der Waals surface area contributed by atoms with Crippen LogP contribution in [0.4, 0.5) is 11.6 Å². The summed E-state index contributed by atoms with van der Waals surface area (Å²) in [5.74, 6) is -0.200. The fourth-order valence-electron chi connectivity index (χ4n) is 3.62. The molecule has 4 rings (SSSR count).